The average Bonchev–Trinajstić information content (AvgIpc) is 3.03. The van der Waals surface area contributed by atoms with Crippen molar-refractivity contribution < 1.29 is 14.3 Å². The van der Waals surface area contributed by atoms with Crippen LogP contribution in [0.15, 0.2) is 107 Å². The number of fused-ring (bicyclic) bond motifs is 1. The van der Waals surface area contributed by atoms with Gasteiger partial charge in [-0.25, -0.2) is 9.36 Å². The van der Waals surface area contributed by atoms with E-state index < -0.39 is 17.2 Å². The summed E-state index contributed by atoms with van der Waals surface area (Å²) >= 11 is 0. The number of ether oxygens (including phenoxy) is 1. The Labute approximate surface area is 248 Å². The molecular formula is C34H32N4O5. The predicted molar refractivity (Wildman–Crippen MR) is 167 cm³/mol. The van der Waals surface area contributed by atoms with Gasteiger partial charge >= 0.3 is 5.69 Å². The van der Waals surface area contributed by atoms with E-state index in [1.54, 1.807) is 42.5 Å². The summed E-state index contributed by atoms with van der Waals surface area (Å²) in [4.78, 5) is 53.8. The van der Waals surface area contributed by atoms with Crippen molar-refractivity contribution in [3.63, 3.8) is 0 Å². The van der Waals surface area contributed by atoms with Gasteiger partial charge in [-0.2, -0.15) is 0 Å². The minimum absolute atomic E-state index is 0.188. The Kier molecular flexibility index (Phi) is 8.81. The fraction of sp³-hybridized carbons (Fsp3) is 0.176. The van der Waals surface area contributed by atoms with Gasteiger partial charge in [0.2, 0.25) is 5.91 Å². The van der Waals surface area contributed by atoms with Gasteiger partial charge in [0.1, 0.15) is 12.3 Å². The van der Waals surface area contributed by atoms with Crippen molar-refractivity contribution >= 4 is 28.4 Å². The zero-order valence-corrected chi connectivity index (χ0v) is 24.0. The van der Waals surface area contributed by atoms with Crippen molar-refractivity contribution in [2.24, 2.45) is 0 Å². The molecule has 218 valence electrons. The van der Waals surface area contributed by atoms with E-state index in [1.165, 1.54) is 23.8 Å². The van der Waals surface area contributed by atoms with Crippen LogP contribution < -0.4 is 26.6 Å². The molecule has 2 amide bonds. The topological polar surface area (TPSA) is 111 Å². The van der Waals surface area contributed by atoms with Gasteiger partial charge < -0.3 is 15.4 Å². The highest BCUT2D eigenvalue weighted by molar-refractivity contribution is 5.98. The van der Waals surface area contributed by atoms with Crippen LogP contribution in [0.2, 0.25) is 0 Å². The molecule has 1 heterocycles. The maximum absolute atomic E-state index is 13.9. The molecule has 0 aliphatic rings. The zero-order valence-electron chi connectivity index (χ0n) is 24.0. The molecule has 9 nitrogen and oxygen atoms in total. The van der Waals surface area contributed by atoms with Crippen LogP contribution in [-0.4, -0.2) is 34.6 Å². The molecule has 5 rings (SSSR count). The second-order valence-corrected chi connectivity index (χ2v) is 10.0. The standard InChI is InChI=1S/C34H32N4O5/c1-3-23-12-15-27(16-13-23)38-33(41)29-17-14-25(32(40)35-19-18-24-8-5-4-6-9-24)20-30(29)37(34(38)42)22-31(39)36-26-10-7-11-28(21-26)43-2/h4-17,20-21H,3,18-19,22H2,1-2H3,(H,35,40)(H,36,39). The number of aryl methyl sites for hydroxylation is 1. The molecule has 0 fully saturated rings. The Hall–Kier alpha value is -5.44. The van der Waals surface area contributed by atoms with Crippen molar-refractivity contribution in [2.45, 2.75) is 26.3 Å². The number of methoxy groups -OCH3 is 1. The highest BCUT2D eigenvalue weighted by Gasteiger charge is 2.19. The number of hydrogen-bond acceptors (Lipinski definition) is 5. The molecule has 1 aromatic heterocycles. The molecule has 5 aromatic rings. The summed E-state index contributed by atoms with van der Waals surface area (Å²) < 4.78 is 7.51. The summed E-state index contributed by atoms with van der Waals surface area (Å²) in [6.07, 6.45) is 1.45. The van der Waals surface area contributed by atoms with Gasteiger partial charge in [-0.1, -0.05) is 55.5 Å². The number of nitrogens with zero attached hydrogens (tertiary/aromatic N) is 2. The normalized spacial score (nSPS) is 10.8. The zero-order chi connectivity index (χ0) is 30.3. The minimum Gasteiger partial charge on any atom is -0.497 e. The third kappa shape index (κ3) is 6.56. The van der Waals surface area contributed by atoms with Crippen molar-refractivity contribution in [1.29, 1.82) is 0 Å². The number of carbonyl (C=O) groups is 2. The molecule has 43 heavy (non-hydrogen) atoms. The first-order chi connectivity index (χ1) is 20.9. The molecule has 0 saturated heterocycles. The summed E-state index contributed by atoms with van der Waals surface area (Å²) in [5, 5.41) is 5.88. The van der Waals surface area contributed by atoms with E-state index in [0.717, 1.165) is 22.1 Å². The lowest BCUT2D eigenvalue weighted by atomic mass is 10.1. The van der Waals surface area contributed by atoms with Crippen LogP contribution in [0.25, 0.3) is 16.6 Å². The van der Waals surface area contributed by atoms with Crippen LogP contribution in [-0.2, 0) is 24.2 Å². The smallest absolute Gasteiger partial charge is 0.336 e. The molecular weight excluding hydrogens is 544 g/mol. The van der Waals surface area contributed by atoms with E-state index in [1.807, 2.05) is 49.4 Å². The highest BCUT2D eigenvalue weighted by atomic mass is 16.5. The number of hydrogen-bond donors (Lipinski definition) is 2. The summed E-state index contributed by atoms with van der Waals surface area (Å²) in [5.74, 6) is -0.273. The van der Waals surface area contributed by atoms with E-state index in [9.17, 15) is 19.2 Å². The van der Waals surface area contributed by atoms with Crippen molar-refractivity contribution in [2.75, 3.05) is 19.0 Å². The lowest BCUT2D eigenvalue weighted by molar-refractivity contribution is -0.116. The molecule has 0 aliphatic heterocycles. The first-order valence-electron chi connectivity index (χ1n) is 14.0. The maximum atomic E-state index is 13.9. The quantitative estimate of drug-likeness (QED) is 0.257. The van der Waals surface area contributed by atoms with Crippen LogP contribution in [0.1, 0.15) is 28.4 Å². The van der Waals surface area contributed by atoms with E-state index in [2.05, 4.69) is 10.6 Å². The van der Waals surface area contributed by atoms with Crippen molar-refractivity contribution in [1.82, 2.24) is 14.5 Å². The molecule has 0 saturated carbocycles. The van der Waals surface area contributed by atoms with Crippen LogP contribution >= 0.6 is 0 Å². The largest absolute Gasteiger partial charge is 0.497 e. The monoisotopic (exact) mass is 576 g/mol. The molecule has 0 bridgehead atoms. The van der Waals surface area contributed by atoms with Crippen LogP contribution in [0, 0.1) is 0 Å². The number of nitrogens with one attached hydrogen (secondary N) is 2. The highest BCUT2D eigenvalue weighted by Crippen LogP contribution is 2.18. The first-order valence-corrected chi connectivity index (χ1v) is 14.0. The van der Waals surface area contributed by atoms with Gasteiger partial charge in [0.25, 0.3) is 11.5 Å². The Morgan fingerprint density at radius 2 is 1.60 bits per heavy atom. The van der Waals surface area contributed by atoms with Gasteiger partial charge in [-0.05, 0) is 66.4 Å². The molecule has 0 radical (unpaired) electrons. The third-order valence-electron chi connectivity index (χ3n) is 7.21. The van der Waals surface area contributed by atoms with Crippen LogP contribution in [0.5, 0.6) is 5.75 Å². The molecule has 4 aromatic carbocycles. The number of anilines is 1. The van der Waals surface area contributed by atoms with Gasteiger partial charge in [0.05, 0.1) is 23.7 Å². The molecule has 0 aliphatic carbocycles. The Morgan fingerprint density at radius 1 is 0.837 bits per heavy atom. The Bertz CT molecular complexity index is 1890. The number of rotatable bonds is 10. The molecule has 9 heteroatoms. The van der Waals surface area contributed by atoms with E-state index in [0.29, 0.717) is 30.1 Å². The Balaban J connectivity index is 1.52. The van der Waals surface area contributed by atoms with Gasteiger partial charge in [-0.15, -0.1) is 0 Å². The summed E-state index contributed by atoms with van der Waals surface area (Å²) in [5.41, 5.74) is 2.25. The maximum Gasteiger partial charge on any atom is 0.336 e. The fourth-order valence-electron chi connectivity index (χ4n) is 4.88. The summed E-state index contributed by atoms with van der Waals surface area (Å²) in [7, 11) is 1.53. The van der Waals surface area contributed by atoms with E-state index in [4.69, 9.17) is 4.74 Å². The van der Waals surface area contributed by atoms with E-state index >= 15 is 0 Å². The van der Waals surface area contributed by atoms with Crippen LogP contribution in [0.4, 0.5) is 5.69 Å². The molecule has 0 unspecified atom stereocenters. The van der Waals surface area contributed by atoms with Gasteiger partial charge in [0, 0.05) is 23.9 Å². The summed E-state index contributed by atoms with van der Waals surface area (Å²) in [6.45, 7) is 2.03. The number of aromatic nitrogens is 2. The number of amides is 2. The third-order valence-corrected chi connectivity index (χ3v) is 7.21. The molecule has 0 spiro atoms. The van der Waals surface area contributed by atoms with Gasteiger partial charge in [-0.3, -0.25) is 19.0 Å². The first kappa shape index (κ1) is 29.1. The number of carbonyl (C=O) groups excluding carboxylic acids is 2. The fourth-order valence-corrected chi connectivity index (χ4v) is 4.88. The molecule has 0 atom stereocenters. The van der Waals surface area contributed by atoms with Crippen molar-refractivity contribution in [3.05, 3.63) is 135 Å². The lowest BCUT2D eigenvalue weighted by Gasteiger charge is -2.16. The van der Waals surface area contributed by atoms with E-state index in [-0.39, 0.29) is 28.9 Å². The SMILES string of the molecule is CCc1ccc(-n2c(=O)c3ccc(C(=O)NCCc4ccccc4)cc3n(CC(=O)Nc3cccc(OC)c3)c2=O)cc1. The van der Waals surface area contributed by atoms with Crippen molar-refractivity contribution in [3.8, 4) is 11.4 Å². The molecule has 2 N–H and O–H groups in total. The van der Waals surface area contributed by atoms with Crippen LogP contribution in [0.3, 0.4) is 0 Å². The second-order valence-electron chi connectivity index (χ2n) is 10.0. The predicted octanol–water partition coefficient (Wildman–Crippen LogP) is 4.33. The second kappa shape index (κ2) is 13.0. The lowest BCUT2D eigenvalue weighted by Crippen LogP contribution is -2.41. The Morgan fingerprint density at radius 3 is 2.33 bits per heavy atom. The average molecular weight is 577 g/mol. The minimum atomic E-state index is -0.691. The number of benzene rings is 4. The summed E-state index contributed by atoms with van der Waals surface area (Å²) in [6, 6.07) is 28.3. The van der Waals surface area contributed by atoms with Gasteiger partial charge in [0.15, 0.2) is 0 Å².